The average Bonchev–Trinajstić information content (AvgIpc) is 3.60. The minimum atomic E-state index is -4.73. The smallest absolute Gasteiger partial charge is 0.435 e. The lowest BCUT2D eigenvalue weighted by Crippen LogP contribution is -2.32. The highest BCUT2D eigenvalue weighted by Gasteiger charge is 2.41. The Morgan fingerprint density at radius 1 is 1.25 bits per heavy atom. The molecular formula is C22H24F3N9O2. The third-order valence-electron chi connectivity index (χ3n) is 6.30. The monoisotopic (exact) mass is 503 g/mol. The fraction of sp³-hybridized carbons (Fsp3) is 0.455. The first-order chi connectivity index (χ1) is 17.1. The van der Waals surface area contributed by atoms with Gasteiger partial charge in [0.1, 0.15) is 18.3 Å². The molecule has 11 nitrogen and oxygen atoms in total. The second-order valence-corrected chi connectivity index (χ2v) is 8.65. The summed E-state index contributed by atoms with van der Waals surface area (Å²) in [5, 5.41) is 7.81. The quantitative estimate of drug-likeness (QED) is 0.412. The highest BCUT2D eigenvalue weighted by Crippen LogP contribution is 2.33. The number of aryl methyl sites for hydroxylation is 3. The molecule has 0 saturated carbocycles. The number of fused-ring (bicyclic) bond motifs is 1. The van der Waals surface area contributed by atoms with Crippen molar-refractivity contribution >= 4 is 17.1 Å². The number of hydrogen-bond donors (Lipinski definition) is 0. The zero-order chi connectivity index (χ0) is 25.8. The van der Waals surface area contributed by atoms with Crippen molar-refractivity contribution in [2.75, 3.05) is 13.1 Å². The molecule has 0 aromatic carbocycles. The van der Waals surface area contributed by atoms with Crippen LogP contribution in [-0.4, -0.2) is 69.1 Å². The Balaban J connectivity index is 1.38. The van der Waals surface area contributed by atoms with E-state index in [-0.39, 0.29) is 19.0 Å². The summed E-state index contributed by atoms with van der Waals surface area (Å²) >= 11 is 0. The normalized spacial score (nSPS) is 16.3. The van der Waals surface area contributed by atoms with Crippen molar-refractivity contribution in [2.24, 2.45) is 14.1 Å². The summed E-state index contributed by atoms with van der Waals surface area (Å²) in [4.78, 5) is 27.5. The Morgan fingerprint density at radius 2 is 2.03 bits per heavy atom. The van der Waals surface area contributed by atoms with E-state index >= 15 is 0 Å². The van der Waals surface area contributed by atoms with E-state index in [1.165, 1.54) is 18.3 Å². The number of imidazole rings is 1. The van der Waals surface area contributed by atoms with Gasteiger partial charge < -0.3 is 14.2 Å². The predicted molar refractivity (Wildman–Crippen MR) is 121 cm³/mol. The Morgan fingerprint density at radius 3 is 2.72 bits per heavy atom. The number of nitrogens with zero attached hydrogens (tertiary/aromatic N) is 9. The van der Waals surface area contributed by atoms with Gasteiger partial charge in [0.25, 0.3) is 5.91 Å². The van der Waals surface area contributed by atoms with Crippen LogP contribution in [0.3, 0.4) is 0 Å². The lowest BCUT2D eigenvalue weighted by molar-refractivity contribution is -0.141. The molecule has 0 spiro atoms. The van der Waals surface area contributed by atoms with Gasteiger partial charge in [0.15, 0.2) is 16.9 Å². The van der Waals surface area contributed by atoms with Gasteiger partial charge in [-0.05, 0) is 13.8 Å². The zero-order valence-corrected chi connectivity index (χ0v) is 20.1. The summed E-state index contributed by atoms with van der Waals surface area (Å²) < 4.78 is 50.8. The molecule has 0 aliphatic carbocycles. The number of hydrogen-bond acceptors (Lipinski definition) is 7. The second-order valence-electron chi connectivity index (χ2n) is 8.65. The Hall–Kier alpha value is -3.97. The van der Waals surface area contributed by atoms with Crippen molar-refractivity contribution in [2.45, 2.75) is 39.1 Å². The summed E-state index contributed by atoms with van der Waals surface area (Å²) in [5.74, 6) is 0.170. The van der Waals surface area contributed by atoms with E-state index in [0.29, 0.717) is 23.4 Å². The molecule has 1 amide bonds. The zero-order valence-electron chi connectivity index (χ0n) is 20.1. The molecule has 0 radical (unpaired) electrons. The summed E-state index contributed by atoms with van der Waals surface area (Å²) in [6, 6.07) is 0. The molecule has 1 atom stereocenters. The molecule has 0 N–H and O–H groups in total. The standard InChI is InChI=1S/C22H24F3N9O2/c1-5-34-12(2)14(8-28-34)18-29-16-19(32(18)4)26-11-27-20(16)36-13-6-7-33(9-13)21(35)15-10-31(3)30-17(15)22(23,24)25/h8,10-11,13H,5-7,9H2,1-4H3. The summed E-state index contributed by atoms with van der Waals surface area (Å²) in [6.45, 7) is 5.05. The van der Waals surface area contributed by atoms with Crippen molar-refractivity contribution in [1.29, 1.82) is 0 Å². The Labute approximate surface area is 203 Å². The van der Waals surface area contributed by atoms with Crippen LogP contribution in [0.2, 0.25) is 0 Å². The number of alkyl halides is 3. The molecule has 14 heteroatoms. The number of likely N-dealkylation sites (tertiary alicyclic amines) is 1. The van der Waals surface area contributed by atoms with Crippen molar-refractivity contribution in [3.63, 3.8) is 0 Å². The van der Waals surface area contributed by atoms with Gasteiger partial charge in [-0.2, -0.15) is 28.4 Å². The van der Waals surface area contributed by atoms with Crippen LogP contribution < -0.4 is 4.74 Å². The first kappa shape index (κ1) is 23.8. The molecule has 0 bridgehead atoms. The van der Waals surface area contributed by atoms with Gasteiger partial charge >= 0.3 is 6.18 Å². The lowest BCUT2D eigenvalue weighted by atomic mass is 10.2. The van der Waals surface area contributed by atoms with Crippen LogP contribution in [0, 0.1) is 6.92 Å². The predicted octanol–water partition coefficient (Wildman–Crippen LogP) is 2.60. The maximum atomic E-state index is 13.3. The van der Waals surface area contributed by atoms with Gasteiger partial charge in [-0.1, -0.05) is 0 Å². The third kappa shape index (κ3) is 3.95. The number of carbonyl (C=O) groups excluding carboxylic acids is 1. The minimum Gasteiger partial charge on any atom is -0.471 e. The van der Waals surface area contributed by atoms with Gasteiger partial charge in [-0.25, -0.2) is 9.97 Å². The molecular weight excluding hydrogens is 479 g/mol. The average molecular weight is 503 g/mol. The van der Waals surface area contributed by atoms with Crippen LogP contribution in [0.5, 0.6) is 5.88 Å². The molecule has 1 saturated heterocycles. The van der Waals surface area contributed by atoms with Crippen LogP contribution in [0.1, 0.15) is 35.1 Å². The molecule has 1 fully saturated rings. The third-order valence-corrected chi connectivity index (χ3v) is 6.30. The number of ether oxygens (including phenoxy) is 1. The van der Waals surface area contributed by atoms with E-state index in [2.05, 4.69) is 20.2 Å². The number of amides is 1. The SMILES string of the molecule is CCn1ncc(-c2nc3c(OC4CCN(C(=O)c5cn(C)nc5C(F)(F)F)C4)ncnc3n2C)c1C. The van der Waals surface area contributed by atoms with Gasteiger partial charge in [-0.3, -0.25) is 14.2 Å². The van der Waals surface area contributed by atoms with E-state index in [9.17, 15) is 18.0 Å². The van der Waals surface area contributed by atoms with Gasteiger partial charge in [0.05, 0.1) is 23.9 Å². The van der Waals surface area contributed by atoms with Gasteiger partial charge in [0, 0.05) is 45.5 Å². The molecule has 4 aromatic heterocycles. The molecule has 190 valence electrons. The molecule has 5 heterocycles. The fourth-order valence-electron chi connectivity index (χ4n) is 4.48. The maximum Gasteiger partial charge on any atom is 0.435 e. The Kier molecular flexibility index (Phi) is 5.68. The fourth-order valence-corrected chi connectivity index (χ4v) is 4.48. The van der Waals surface area contributed by atoms with Crippen LogP contribution in [0.15, 0.2) is 18.7 Å². The van der Waals surface area contributed by atoms with Crippen LogP contribution in [0.4, 0.5) is 13.2 Å². The van der Waals surface area contributed by atoms with Crippen LogP contribution in [-0.2, 0) is 26.8 Å². The van der Waals surface area contributed by atoms with Gasteiger partial charge in [-0.15, -0.1) is 0 Å². The summed E-state index contributed by atoms with van der Waals surface area (Å²) in [5.41, 5.74) is 1.17. The molecule has 4 aromatic rings. The van der Waals surface area contributed by atoms with Crippen LogP contribution >= 0.6 is 0 Å². The van der Waals surface area contributed by atoms with Crippen LogP contribution in [0.25, 0.3) is 22.6 Å². The maximum absolute atomic E-state index is 13.3. The second kappa shape index (κ2) is 8.60. The highest BCUT2D eigenvalue weighted by atomic mass is 19.4. The molecule has 1 unspecified atom stereocenters. The lowest BCUT2D eigenvalue weighted by Gasteiger charge is -2.17. The largest absolute Gasteiger partial charge is 0.471 e. The summed E-state index contributed by atoms with van der Waals surface area (Å²) in [6.07, 6.45) is -0.548. The number of aromatic nitrogens is 8. The van der Waals surface area contributed by atoms with Crippen molar-refractivity contribution in [1.82, 2.24) is 44.0 Å². The van der Waals surface area contributed by atoms with E-state index in [1.807, 2.05) is 30.1 Å². The minimum absolute atomic E-state index is 0.110. The van der Waals surface area contributed by atoms with Gasteiger partial charge in [0.2, 0.25) is 5.88 Å². The van der Waals surface area contributed by atoms with Crippen molar-refractivity contribution in [3.8, 4) is 17.3 Å². The topological polar surface area (TPSA) is 109 Å². The van der Waals surface area contributed by atoms with E-state index < -0.39 is 29.4 Å². The van der Waals surface area contributed by atoms with Crippen molar-refractivity contribution < 1.29 is 22.7 Å². The highest BCUT2D eigenvalue weighted by molar-refractivity contribution is 5.95. The van der Waals surface area contributed by atoms with E-state index in [0.717, 1.165) is 28.7 Å². The van der Waals surface area contributed by atoms with Crippen molar-refractivity contribution in [3.05, 3.63) is 35.7 Å². The molecule has 5 rings (SSSR count). The first-order valence-electron chi connectivity index (χ1n) is 11.4. The number of rotatable bonds is 5. The molecule has 1 aliphatic heterocycles. The van der Waals surface area contributed by atoms with E-state index in [1.54, 1.807) is 6.20 Å². The molecule has 36 heavy (non-hydrogen) atoms. The first-order valence-corrected chi connectivity index (χ1v) is 11.4. The summed E-state index contributed by atoms with van der Waals surface area (Å²) in [7, 11) is 3.18. The number of carbonyl (C=O) groups is 1. The Bertz CT molecular complexity index is 1450. The molecule has 1 aliphatic rings. The van der Waals surface area contributed by atoms with E-state index in [4.69, 9.17) is 9.72 Å². The number of halogens is 3.